The van der Waals surface area contributed by atoms with E-state index in [4.69, 9.17) is 0 Å². The fourth-order valence-electron chi connectivity index (χ4n) is 4.99. The highest BCUT2D eigenvalue weighted by Gasteiger charge is 2.32. The second kappa shape index (κ2) is 16.1. The molecule has 0 saturated carbocycles. The monoisotopic (exact) mass is 632 g/mol. The lowest BCUT2D eigenvalue weighted by Crippen LogP contribution is -2.44. The molecule has 1 N–H and O–H groups in total. The molecule has 3 aromatic rings. The summed E-state index contributed by atoms with van der Waals surface area (Å²) in [7, 11) is -3.41. The number of amides is 1. The Morgan fingerprint density at radius 2 is 1.47 bits per heavy atom. The van der Waals surface area contributed by atoms with Crippen molar-refractivity contribution in [2.45, 2.75) is 63.8 Å². The van der Waals surface area contributed by atoms with E-state index in [2.05, 4.69) is 10.3 Å². The van der Waals surface area contributed by atoms with Crippen LogP contribution in [0.15, 0.2) is 84.0 Å². The first-order chi connectivity index (χ1) is 21.3. The van der Waals surface area contributed by atoms with Crippen molar-refractivity contribution in [3.63, 3.8) is 0 Å². The summed E-state index contributed by atoms with van der Waals surface area (Å²) < 4.78 is 23.7. The Morgan fingerprint density at radius 3 is 2.09 bits per heavy atom. The summed E-state index contributed by atoms with van der Waals surface area (Å²) in [6.45, 7) is 5.04. The molecule has 9 nitrogen and oxygen atoms in total. The van der Waals surface area contributed by atoms with E-state index in [1.165, 1.54) is 31.5 Å². The number of Topliss-reactive ketones (excluding diaryl/α,β-unsaturated/α-hetero) is 4. The minimum Gasteiger partial charge on any atom is -0.346 e. The lowest BCUT2D eigenvalue weighted by molar-refractivity contribution is -0.141. The van der Waals surface area contributed by atoms with Crippen molar-refractivity contribution in [1.82, 2.24) is 10.3 Å². The first-order valence-corrected chi connectivity index (χ1v) is 16.8. The summed E-state index contributed by atoms with van der Waals surface area (Å²) in [6.07, 6.45) is 4.16. The third-order valence-electron chi connectivity index (χ3n) is 7.78. The molecule has 0 saturated heterocycles. The Labute approximate surface area is 264 Å². The SMILES string of the molecule is CC(C)[C@H](CC(=O)[C@H](C)NC(=O)[C@@H](CC(=O)c1ccncc1)Cc1ccccc1)C(=O)C(=O)CCc1cccc(S(C)(=O)=O)c1. The molecule has 0 fully saturated rings. The van der Waals surface area contributed by atoms with E-state index in [1.54, 1.807) is 38.1 Å². The van der Waals surface area contributed by atoms with Gasteiger partial charge in [0.2, 0.25) is 11.7 Å². The molecule has 0 aliphatic rings. The van der Waals surface area contributed by atoms with E-state index < -0.39 is 51.0 Å². The summed E-state index contributed by atoms with van der Waals surface area (Å²) in [5.74, 6) is -4.31. The highest BCUT2D eigenvalue weighted by Crippen LogP contribution is 2.21. The standard InChI is InChI=1S/C35H40N2O7S/c1-23(2)30(34(41)31(38)14-13-26-11-8-12-29(20-26)45(4,43)44)22-32(39)24(3)37-35(42)28(19-25-9-6-5-7-10-25)21-33(40)27-15-17-36-18-16-27/h5-12,15-18,20,23-24,28,30H,13-14,19,21-22H2,1-4H3,(H,37,42)/t24-,28+,30-/m0/s1. The molecule has 0 aliphatic heterocycles. The van der Waals surface area contributed by atoms with Crippen molar-refractivity contribution in [3.05, 3.63) is 95.8 Å². The lowest BCUT2D eigenvalue weighted by atomic mass is 9.83. The van der Waals surface area contributed by atoms with Gasteiger partial charge in [-0.3, -0.25) is 29.0 Å². The fraction of sp³-hybridized carbons (Fsp3) is 0.371. The molecule has 10 heteroatoms. The number of rotatable bonds is 17. The predicted molar refractivity (Wildman–Crippen MR) is 170 cm³/mol. The summed E-state index contributed by atoms with van der Waals surface area (Å²) in [6, 6.07) is 17.7. The van der Waals surface area contributed by atoms with Crippen molar-refractivity contribution < 1.29 is 32.4 Å². The van der Waals surface area contributed by atoms with Gasteiger partial charge in [0.25, 0.3) is 0 Å². The number of hydrogen-bond acceptors (Lipinski definition) is 8. The topological polar surface area (TPSA) is 144 Å². The quantitative estimate of drug-likeness (QED) is 0.170. The number of nitrogens with one attached hydrogen (secondary N) is 1. The van der Waals surface area contributed by atoms with E-state index in [0.29, 0.717) is 17.5 Å². The highest BCUT2D eigenvalue weighted by molar-refractivity contribution is 7.90. The molecular formula is C35H40N2O7S. The molecule has 0 spiro atoms. The second-order valence-electron chi connectivity index (χ2n) is 11.7. The number of carbonyl (C=O) groups excluding carboxylic acids is 5. The number of nitrogens with zero attached hydrogens (tertiary/aromatic N) is 1. The largest absolute Gasteiger partial charge is 0.346 e. The smallest absolute Gasteiger partial charge is 0.224 e. The Bertz CT molecular complexity index is 1620. The first-order valence-electron chi connectivity index (χ1n) is 14.9. The zero-order chi connectivity index (χ0) is 33.1. The molecule has 2 aromatic carbocycles. The van der Waals surface area contributed by atoms with E-state index in [0.717, 1.165) is 11.8 Å². The summed E-state index contributed by atoms with van der Waals surface area (Å²) in [5.41, 5.74) is 1.91. The fourth-order valence-corrected chi connectivity index (χ4v) is 5.68. The zero-order valence-electron chi connectivity index (χ0n) is 26.1. The Balaban J connectivity index is 1.65. The molecule has 45 heavy (non-hydrogen) atoms. The molecule has 1 aromatic heterocycles. The van der Waals surface area contributed by atoms with Crippen LogP contribution in [-0.2, 0) is 41.9 Å². The van der Waals surface area contributed by atoms with Gasteiger partial charge in [0.1, 0.15) is 0 Å². The number of ketones is 4. The Hall–Kier alpha value is -4.31. The summed E-state index contributed by atoms with van der Waals surface area (Å²) in [4.78, 5) is 69.7. The Morgan fingerprint density at radius 1 is 0.822 bits per heavy atom. The molecule has 0 radical (unpaired) electrons. The van der Waals surface area contributed by atoms with Gasteiger partial charge in [-0.25, -0.2) is 8.42 Å². The van der Waals surface area contributed by atoms with Gasteiger partial charge in [-0.2, -0.15) is 0 Å². The van der Waals surface area contributed by atoms with Crippen molar-refractivity contribution >= 4 is 38.9 Å². The second-order valence-corrected chi connectivity index (χ2v) is 13.7. The number of aromatic nitrogens is 1. The average molecular weight is 633 g/mol. The molecule has 1 heterocycles. The van der Waals surface area contributed by atoms with Gasteiger partial charge in [0.15, 0.2) is 27.2 Å². The van der Waals surface area contributed by atoms with Crippen LogP contribution >= 0.6 is 0 Å². The third kappa shape index (κ3) is 10.7. The third-order valence-corrected chi connectivity index (χ3v) is 8.89. The minimum absolute atomic E-state index is 0.0691. The van der Waals surface area contributed by atoms with Gasteiger partial charge in [0.05, 0.1) is 10.9 Å². The van der Waals surface area contributed by atoms with Crippen molar-refractivity contribution in [2.75, 3.05) is 6.26 Å². The van der Waals surface area contributed by atoms with Gasteiger partial charge in [-0.05, 0) is 61.1 Å². The van der Waals surface area contributed by atoms with Crippen LogP contribution in [-0.4, -0.2) is 54.7 Å². The van der Waals surface area contributed by atoms with Crippen LogP contribution in [0.5, 0.6) is 0 Å². The van der Waals surface area contributed by atoms with Crippen molar-refractivity contribution in [1.29, 1.82) is 0 Å². The van der Waals surface area contributed by atoms with Gasteiger partial charge in [-0.15, -0.1) is 0 Å². The first kappa shape index (κ1) is 35.2. The van der Waals surface area contributed by atoms with Crippen LogP contribution < -0.4 is 5.32 Å². The van der Waals surface area contributed by atoms with Crippen LogP contribution in [0.1, 0.15) is 61.5 Å². The van der Waals surface area contributed by atoms with Crippen LogP contribution in [0, 0.1) is 17.8 Å². The molecule has 0 bridgehead atoms. The van der Waals surface area contributed by atoms with Crippen molar-refractivity contribution in [3.8, 4) is 0 Å². The molecule has 0 unspecified atom stereocenters. The van der Waals surface area contributed by atoms with Crippen molar-refractivity contribution in [2.24, 2.45) is 17.8 Å². The zero-order valence-corrected chi connectivity index (χ0v) is 26.9. The summed E-state index contributed by atoms with van der Waals surface area (Å²) >= 11 is 0. The van der Waals surface area contributed by atoms with Gasteiger partial charge < -0.3 is 5.32 Å². The van der Waals surface area contributed by atoms with Crippen LogP contribution in [0.3, 0.4) is 0 Å². The van der Waals surface area contributed by atoms with Crippen LogP contribution in [0.2, 0.25) is 0 Å². The predicted octanol–water partition coefficient (Wildman–Crippen LogP) is 4.42. The van der Waals surface area contributed by atoms with E-state index >= 15 is 0 Å². The maximum absolute atomic E-state index is 13.4. The molecule has 3 atom stereocenters. The summed E-state index contributed by atoms with van der Waals surface area (Å²) in [5, 5.41) is 2.73. The average Bonchev–Trinajstić information content (AvgIpc) is 3.02. The normalized spacial score (nSPS) is 13.4. The Kier molecular flexibility index (Phi) is 12.6. The molecule has 1 amide bonds. The molecule has 0 aliphatic carbocycles. The van der Waals surface area contributed by atoms with E-state index in [1.807, 2.05) is 30.3 Å². The van der Waals surface area contributed by atoms with E-state index in [-0.39, 0.29) is 42.3 Å². The molecule has 3 rings (SSSR count). The van der Waals surface area contributed by atoms with Crippen LogP contribution in [0.25, 0.3) is 0 Å². The molecular weight excluding hydrogens is 592 g/mol. The number of benzene rings is 2. The van der Waals surface area contributed by atoms with Gasteiger partial charge in [-0.1, -0.05) is 56.3 Å². The minimum atomic E-state index is -3.41. The highest BCUT2D eigenvalue weighted by atomic mass is 32.2. The number of sulfone groups is 1. The molecule has 238 valence electrons. The van der Waals surface area contributed by atoms with Gasteiger partial charge in [0, 0.05) is 55.3 Å². The maximum Gasteiger partial charge on any atom is 0.224 e. The maximum atomic E-state index is 13.4. The number of hydrogen-bond donors (Lipinski definition) is 1. The number of carbonyl (C=O) groups is 5. The van der Waals surface area contributed by atoms with E-state index in [9.17, 15) is 32.4 Å². The van der Waals surface area contributed by atoms with Gasteiger partial charge >= 0.3 is 0 Å². The lowest BCUT2D eigenvalue weighted by Gasteiger charge is -2.23. The number of pyridine rings is 1. The number of aryl methyl sites for hydroxylation is 1. The van der Waals surface area contributed by atoms with Crippen LogP contribution in [0.4, 0.5) is 0 Å².